The van der Waals surface area contributed by atoms with Gasteiger partial charge in [0.1, 0.15) is 11.9 Å². The molecule has 0 saturated carbocycles. The van der Waals surface area contributed by atoms with E-state index in [1.807, 2.05) is 19.1 Å². The Morgan fingerprint density at radius 1 is 1.42 bits per heavy atom. The zero-order chi connectivity index (χ0) is 14.0. The smallest absolute Gasteiger partial charge is 0.303 e. The van der Waals surface area contributed by atoms with E-state index in [1.54, 1.807) is 13.0 Å². The van der Waals surface area contributed by atoms with Crippen molar-refractivity contribution in [1.82, 2.24) is 0 Å². The van der Waals surface area contributed by atoms with Crippen molar-refractivity contribution in [1.29, 1.82) is 0 Å². The largest absolute Gasteiger partial charge is 0.490 e. The first-order chi connectivity index (χ1) is 8.95. The minimum Gasteiger partial charge on any atom is -0.490 e. The summed E-state index contributed by atoms with van der Waals surface area (Å²) in [5, 5.41) is 8.70. The molecule has 4 heteroatoms. The monoisotopic (exact) mass is 262 g/mol. The van der Waals surface area contributed by atoms with Crippen LogP contribution in [0, 0.1) is 5.92 Å². The normalized spacial score (nSPS) is 18.5. The van der Waals surface area contributed by atoms with Crippen LogP contribution >= 0.6 is 0 Å². The van der Waals surface area contributed by atoms with E-state index >= 15 is 0 Å². The molecule has 1 N–H and O–H groups in total. The van der Waals surface area contributed by atoms with Crippen LogP contribution in [0.3, 0.4) is 0 Å². The summed E-state index contributed by atoms with van der Waals surface area (Å²) >= 11 is 0. The standard InChI is InChI=1S/C15H18O4/c1-9(6-15(17)18)5-13(16)11-3-4-14-12(8-11)7-10(2)19-14/h3-4,8-10H,5-7H2,1-2H3,(H,17,18). The van der Waals surface area contributed by atoms with Gasteiger partial charge in [-0.1, -0.05) is 6.92 Å². The predicted molar refractivity (Wildman–Crippen MR) is 70.6 cm³/mol. The molecule has 2 rings (SSSR count). The van der Waals surface area contributed by atoms with Crippen LogP contribution in [0.1, 0.15) is 42.6 Å². The Morgan fingerprint density at radius 3 is 2.84 bits per heavy atom. The third kappa shape index (κ3) is 3.34. The van der Waals surface area contributed by atoms with Crippen LogP contribution in [0.5, 0.6) is 5.75 Å². The van der Waals surface area contributed by atoms with Crippen molar-refractivity contribution < 1.29 is 19.4 Å². The molecule has 1 aliphatic rings. The van der Waals surface area contributed by atoms with E-state index in [-0.39, 0.29) is 30.6 Å². The predicted octanol–water partition coefficient (Wildman–Crippen LogP) is 2.69. The van der Waals surface area contributed by atoms with Gasteiger partial charge in [0.25, 0.3) is 0 Å². The van der Waals surface area contributed by atoms with Crippen LogP contribution in [0.15, 0.2) is 18.2 Å². The number of carbonyl (C=O) groups excluding carboxylic acids is 1. The number of fused-ring (bicyclic) bond motifs is 1. The lowest BCUT2D eigenvalue weighted by Crippen LogP contribution is -2.10. The van der Waals surface area contributed by atoms with Gasteiger partial charge < -0.3 is 9.84 Å². The molecule has 0 bridgehead atoms. The fourth-order valence-electron chi connectivity index (χ4n) is 2.40. The topological polar surface area (TPSA) is 63.6 Å². The molecule has 4 nitrogen and oxygen atoms in total. The number of ether oxygens (including phenoxy) is 1. The molecule has 1 aromatic rings. The Labute approximate surface area is 112 Å². The Balaban J connectivity index is 2.04. The van der Waals surface area contributed by atoms with E-state index in [0.717, 1.165) is 17.7 Å². The average Bonchev–Trinajstić information content (AvgIpc) is 2.66. The second kappa shape index (κ2) is 5.43. The Hall–Kier alpha value is -1.84. The van der Waals surface area contributed by atoms with Gasteiger partial charge in [0, 0.05) is 24.8 Å². The van der Waals surface area contributed by atoms with Gasteiger partial charge >= 0.3 is 5.97 Å². The molecule has 0 aromatic heterocycles. The highest BCUT2D eigenvalue weighted by Crippen LogP contribution is 2.30. The molecule has 1 aromatic carbocycles. The lowest BCUT2D eigenvalue weighted by Gasteiger charge is -2.08. The van der Waals surface area contributed by atoms with Gasteiger partial charge in [-0.2, -0.15) is 0 Å². The van der Waals surface area contributed by atoms with E-state index < -0.39 is 5.97 Å². The van der Waals surface area contributed by atoms with Crippen molar-refractivity contribution >= 4 is 11.8 Å². The SMILES string of the molecule is CC(CC(=O)O)CC(=O)c1ccc2c(c1)CC(C)O2. The number of carboxylic acids is 1. The lowest BCUT2D eigenvalue weighted by atomic mass is 9.95. The molecule has 1 heterocycles. The van der Waals surface area contributed by atoms with E-state index in [1.165, 1.54) is 0 Å². The number of Topliss-reactive ketones (excluding diaryl/α,β-unsaturated/α-hetero) is 1. The summed E-state index contributed by atoms with van der Waals surface area (Å²) in [4.78, 5) is 22.7. The summed E-state index contributed by atoms with van der Waals surface area (Å²) in [6.07, 6.45) is 1.27. The summed E-state index contributed by atoms with van der Waals surface area (Å²) in [6.45, 7) is 3.78. The summed E-state index contributed by atoms with van der Waals surface area (Å²) < 4.78 is 5.59. The number of carboxylic acid groups (broad SMARTS) is 1. The van der Waals surface area contributed by atoms with Crippen LogP contribution < -0.4 is 4.74 Å². The fourth-order valence-corrected chi connectivity index (χ4v) is 2.40. The third-order valence-electron chi connectivity index (χ3n) is 3.27. The number of rotatable bonds is 5. The molecule has 2 atom stereocenters. The fraction of sp³-hybridized carbons (Fsp3) is 0.467. The Kier molecular flexibility index (Phi) is 3.88. The molecule has 2 unspecified atom stereocenters. The van der Waals surface area contributed by atoms with Crippen LogP contribution in [0.25, 0.3) is 0 Å². The van der Waals surface area contributed by atoms with Crippen molar-refractivity contribution in [2.75, 3.05) is 0 Å². The Morgan fingerprint density at radius 2 is 2.16 bits per heavy atom. The summed E-state index contributed by atoms with van der Waals surface area (Å²) in [5.74, 6) is -0.163. The van der Waals surface area contributed by atoms with Gasteiger partial charge in [0.15, 0.2) is 5.78 Å². The molecular formula is C15H18O4. The average molecular weight is 262 g/mol. The maximum Gasteiger partial charge on any atom is 0.303 e. The third-order valence-corrected chi connectivity index (χ3v) is 3.27. The number of hydrogen-bond donors (Lipinski definition) is 1. The Bertz CT molecular complexity index is 507. The van der Waals surface area contributed by atoms with E-state index in [4.69, 9.17) is 9.84 Å². The number of ketones is 1. The quantitative estimate of drug-likeness (QED) is 0.829. The second-order valence-corrected chi connectivity index (χ2v) is 5.29. The van der Waals surface area contributed by atoms with Gasteiger partial charge in [-0.3, -0.25) is 9.59 Å². The molecule has 0 aliphatic carbocycles. The van der Waals surface area contributed by atoms with Crippen molar-refractivity contribution in [3.63, 3.8) is 0 Å². The first-order valence-electron chi connectivity index (χ1n) is 6.50. The van der Waals surface area contributed by atoms with Crippen molar-refractivity contribution in [3.8, 4) is 5.75 Å². The highest BCUT2D eigenvalue weighted by atomic mass is 16.5. The summed E-state index contributed by atoms with van der Waals surface area (Å²) in [6, 6.07) is 5.45. The molecular weight excluding hydrogens is 244 g/mol. The molecule has 0 saturated heterocycles. The molecule has 0 radical (unpaired) electrons. The van der Waals surface area contributed by atoms with E-state index in [0.29, 0.717) is 5.56 Å². The summed E-state index contributed by atoms with van der Waals surface area (Å²) in [5.41, 5.74) is 1.71. The van der Waals surface area contributed by atoms with Crippen molar-refractivity contribution in [2.24, 2.45) is 5.92 Å². The van der Waals surface area contributed by atoms with Gasteiger partial charge in [0.05, 0.1) is 0 Å². The van der Waals surface area contributed by atoms with Crippen LogP contribution in [-0.4, -0.2) is 23.0 Å². The van der Waals surface area contributed by atoms with Gasteiger partial charge in [0.2, 0.25) is 0 Å². The molecule has 0 fully saturated rings. The van der Waals surface area contributed by atoms with Crippen molar-refractivity contribution in [2.45, 2.75) is 39.2 Å². The highest BCUT2D eigenvalue weighted by Gasteiger charge is 2.21. The first-order valence-corrected chi connectivity index (χ1v) is 6.50. The zero-order valence-electron chi connectivity index (χ0n) is 11.2. The number of hydrogen-bond acceptors (Lipinski definition) is 3. The number of benzene rings is 1. The van der Waals surface area contributed by atoms with Gasteiger partial charge in [-0.25, -0.2) is 0 Å². The highest BCUT2D eigenvalue weighted by molar-refractivity contribution is 5.96. The van der Waals surface area contributed by atoms with Gasteiger partial charge in [-0.15, -0.1) is 0 Å². The lowest BCUT2D eigenvalue weighted by molar-refractivity contribution is -0.137. The van der Waals surface area contributed by atoms with Crippen LogP contribution in [0.4, 0.5) is 0 Å². The van der Waals surface area contributed by atoms with E-state index in [2.05, 4.69) is 0 Å². The molecule has 19 heavy (non-hydrogen) atoms. The van der Waals surface area contributed by atoms with Gasteiger partial charge in [-0.05, 0) is 36.6 Å². The van der Waals surface area contributed by atoms with Crippen LogP contribution in [0.2, 0.25) is 0 Å². The molecule has 0 spiro atoms. The first kappa shape index (κ1) is 13.6. The van der Waals surface area contributed by atoms with E-state index in [9.17, 15) is 9.59 Å². The molecule has 102 valence electrons. The molecule has 0 amide bonds. The van der Waals surface area contributed by atoms with Crippen LogP contribution in [-0.2, 0) is 11.2 Å². The molecule has 1 aliphatic heterocycles. The minimum absolute atomic E-state index is 0.00361. The number of carbonyl (C=O) groups is 2. The van der Waals surface area contributed by atoms with Crippen molar-refractivity contribution in [3.05, 3.63) is 29.3 Å². The summed E-state index contributed by atoms with van der Waals surface area (Å²) in [7, 11) is 0. The second-order valence-electron chi connectivity index (χ2n) is 5.29. The number of aliphatic carboxylic acids is 1. The maximum atomic E-state index is 12.1. The minimum atomic E-state index is -0.864. The zero-order valence-corrected chi connectivity index (χ0v) is 11.2. The maximum absolute atomic E-state index is 12.1.